The number of nitrogens with zero attached hydrogens (tertiary/aromatic N) is 2. The fraction of sp³-hybridized carbons (Fsp3) is 0.316. The van der Waals surface area contributed by atoms with Gasteiger partial charge in [-0.15, -0.1) is 0 Å². The fourth-order valence-corrected chi connectivity index (χ4v) is 2.91. The van der Waals surface area contributed by atoms with Gasteiger partial charge in [0.25, 0.3) is 0 Å². The Balaban J connectivity index is 1.49. The highest BCUT2D eigenvalue weighted by molar-refractivity contribution is 6.30. The molecule has 1 aliphatic rings. The lowest BCUT2D eigenvalue weighted by atomic mass is 10.2. The van der Waals surface area contributed by atoms with Gasteiger partial charge in [-0.1, -0.05) is 23.7 Å². The minimum Gasteiger partial charge on any atom is -0.369 e. The summed E-state index contributed by atoms with van der Waals surface area (Å²) in [5, 5.41) is 6.39. The van der Waals surface area contributed by atoms with E-state index in [0.717, 1.165) is 37.4 Å². The molecule has 0 radical (unpaired) electrons. The molecule has 1 saturated heterocycles. The van der Waals surface area contributed by atoms with Crippen molar-refractivity contribution in [2.75, 3.05) is 43.4 Å². The molecule has 6 heteroatoms. The van der Waals surface area contributed by atoms with Crippen LogP contribution in [0.5, 0.6) is 0 Å². The van der Waals surface area contributed by atoms with Crippen LogP contribution in [0.2, 0.25) is 5.02 Å². The zero-order valence-electron chi connectivity index (χ0n) is 14.3. The summed E-state index contributed by atoms with van der Waals surface area (Å²) in [7, 11) is 2.15. The molecule has 1 heterocycles. The Morgan fingerprint density at radius 1 is 1.00 bits per heavy atom. The van der Waals surface area contributed by atoms with Crippen molar-refractivity contribution in [3.05, 3.63) is 59.1 Å². The molecule has 2 aromatic rings. The second-order valence-electron chi connectivity index (χ2n) is 6.27. The normalized spacial score (nSPS) is 15.0. The second-order valence-corrected chi connectivity index (χ2v) is 6.71. The van der Waals surface area contributed by atoms with Crippen molar-refractivity contribution in [1.29, 1.82) is 0 Å². The van der Waals surface area contributed by atoms with Crippen LogP contribution in [-0.2, 0) is 6.54 Å². The first kappa shape index (κ1) is 17.6. The molecule has 2 amide bonds. The molecule has 2 aromatic carbocycles. The van der Waals surface area contributed by atoms with Crippen molar-refractivity contribution < 1.29 is 4.79 Å². The van der Waals surface area contributed by atoms with E-state index in [0.29, 0.717) is 11.6 Å². The zero-order chi connectivity index (χ0) is 17.6. The van der Waals surface area contributed by atoms with Crippen molar-refractivity contribution in [2.45, 2.75) is 6.54 Å². The molecule has 25 heavy (non-hydrogen) atoms. The van der Waals surface area contributed by atoms with Gasteiger partial charge in [-0.2, -0.15) is 0 Å². The number of benzene rings is 2. The number of hydrogen-bond donors (Lipinski definition) is 2. The van der Waals surface area contributed by atoms with Crippen LogP contribution < -0.4 is 15.5 Å². The molecule has 1 aliphatic heterocycles. The molecule has 0 atom stereocenters. The molecular formula is C19H23ClN4O. The number of piperazine rings is 1. The summed E-state index contributed by atoms with van der Waals surface area (Å²) < 4.78 is 0. The Labute approximate surface area is 153 Å². The van der Waals surface area contributed by atoms with E-state index in [9.17, 15) is 4.79 Å². The third-order valence-corrected chi connectivity index (χ3v) is 4.61. The number of carbonyl (C=O) groups is 1. The summed E-state index contributed by atoms with van der Waals surface area (Å²) in [6.45, 7) is 4.68. The van der Waals surface area contributed by atoms with Crippen LogP contribution in [0.4, 0.5) is 16.2 Å². The lowest BCUT2D eigenvalue weighted by Crippen LogP contribution is -2.44. The molecule has 0 aliphatic carbocycles. The summed E-state index contributed by atoms with van der Waals surface area (Å²) in [6.07, 6.45) is 0. The highest BCUT2D eigenvalue weighted by Gasteiger charge is 2.14. The molecule has 0 aromatic heterocycles. The maximum absolute atomic E-state index is 12.0. The maximum atomic E-state index is 12.0. The van der Waals surface area contributed by atoms with Gasteiger partial charge < -0.3 is 20.4 Å². The number of likely N-dealkylation sites (N-methyl/N-ethyl adjacent to an activating group) is 1. The fourth-order valence-electron chi connectivity index (χ4n) is 2.78. The number of amides is 2. The van der Waals surface area contributed by atoms with E-state index in [1.807, 2.05) is 36.4 Å². The van der Waals surface area contributed by atoms with Crippen molar-refractivity contribution in [2.24, 2.45) is 0 Å². The average molecular weight is 359 g/mol. The molecule has 2 N–H and O–H groups in total. The Morgan fingerprint density at radius 2 is 1.64 bits per heavy atom. The molecule has 1 fully saturated rings. The van der Waals surface area contributed by atoms with Crippen LogP contribution in [0, 0.1) is 0 Å². The van der Waals surface area contributed by atoms with Crippen LogP contribution >= 0.6 is 11.6 Å². The Morgan fingerprint density at radius 3 is 2.28 bits per heavy atom. The predicted molar refractivity (Wildman–Crippen MR) is 103 cm³/mol. The Bertz CT molecular complexity index is 694. The maximum Gasteiger partial charge on any atom is 0.319 e. The third kappa shape index (κ3) is 5.11. The van der Waals surface area contributed by atoms with Gasteiger partial charge in [0.1, 0.15) is 0 Å². The first-order valence-electron chi connectivity index (χ1n) is 8.43. The van der Waals surface area contributed by atoms with E-state index in [1.54, 1.807) is 0 Å². The molecule has 0 unspecified atom stereocenters. The molecule has 132 valence electrons. The smallest absolute Gasteiger partial charge is 0.319 e. The Kier molecular flexibility index (Phi) is 5.79. The molecular weight excluding hydrogens is 336 g/mol. The van der Waals surface area contributed by atoms with E-state index in [2.05, 4.69) is 39.6 Å². The third-order valence-electron chi connectivity index (χ3n) is 4.36. The van der Waals surface area contributed by atoms with Gasteiger partial charge in [-0.05, 0) is 49.0 Å². The lowest BCUT2D eigenvalue weighted by molar-refractivity contribution is 0.251. The quantitative estimate of drug-likeness (QED) is 0.880. The number of halogens is 1. The van der Waals surface area contributed by atoms with Crippen LogP contribution in [0.3, 0.4) is 0 Å². The van der Waals surface area contributed by atoms with E-state index < -0.39 is 0 Å². The largest absolute Gasteiger partial charge is 0.369 e. The summed E-state index contributed by atoms with van der Waals surface area (Å²) in [6, 6.07) is 15.2. The van der Waals surface area contributed by atoms with Crippen LogP contribution in [-0.4, -0.2) is 44.2 Å². The minimum atomic E-state index is -0.220. The van der Waals surface area contributed by atoms with Crippen LogP contribution in [0.25, 0.3) is 0 Å². The SMILES string of the molecule is CN1CCN(c2ccc(NC(=O)NCc3ccc(Cl)cc3)cc2)CC1. The number of urea groups is 1. The average Bonchev–Trinajstić information content (AvgIpc) is 2.63. The number of carbonyl (C=O) groups excluding carboxylic acids is 1. The minimum absolute atomic E-state index is 0.220. The molecule has 5 nitrogen and oxygen atoms in total. The summed E-state index contributed by atoms with van der Waals surface area (Å²) in [4.78, 5) is 16.7. The molecule has 0 bridgehead atoms. The van der Waals surface area contributed by atoms with Crippen molar-refractivity contribution in [3.8, 4) is 0 Å². The van der Waals surface area contributed by atoms with E-state index in [1.165, 1.54) is 5.69 Å². The number of nitrogens with one attached hydrogen (secondary N) is 2. The van der Waals surface area contributed by atoms with E-state index in [-0.39, 0.29) is 6.03 Å². The number of anilines is 2. The van der Waals surface area contributed by atoms with Gasteiger partial charge in [-0.25, -0.2) is 4.79 Å². The predicted octanol–water partition coefficient (Wildman–Crippen LogP) is 3.41. The lowest BCUT2D eigenvalue weighted by Gasteiger charge is -2.34. The molecule has 3 rings (SSSR count). The van der Waals surface area contributed by atoms with Crippen molar-refractivity contribution in [3.63, 3.8) is 0 Å². The highest BCUT2D eigenvalue weighted by Crippen LogP contribution is 2.19. The zero-order valence-corrected chi connectivity index (χ0v) is 15.1. The van der Waals surface area contributed by atoms with Crippen LogP contribution in [0.1, 0.15) is 5.56 Å². The van der Waals surface area contributed by atoms with Gasteiger partial charge >= 0.3 is 6.03 Å². The van der Waals surface area contributed by atoms with Gasteiger partial charge in [0, 0.05) is 49.1 Å². The Hall–Kier alpha value is -2.24. The molecule has 0 spiro atoms. The standard InChI is InChI=1S/C19H23ClN4O/c1-23-10-12-24(13-11-23)18-8-6-17(7-9-18)22-19(25)21-14-15-2-4-16(20)5-3-15/h2-9H,10-14H2,1H3,(H2,21,22,25). The second kappa shape index (κ2) is 8.23. The number of rotatable bonds is 4. The van der Waals surface area contributed by atoms with Crippen LogP contribution in [0.15, 0.2) is 48.5 Å². The first-order valence-corrected chi connectivity index (χ1v) is 8.81. The number of hydrogen-bond acceptors (Lipinski definition) is 3. The summed E-state index contributed by atoms with van der Waals surface area (Å²) in [5.74, 6) is 0. The monoisotopic (exact) mass is 358 g/mol. The van der Waals surface area contributed by atoms with Gasteiger partial charge in [0.15, 0.2) is 0 Å². The first-order chi connectivity index (χ1) is 12.1. The summed E-state index contributed by atoms with van der Waals surface area (Å²) >= 11 is 5.85. The van der Waals surface area contributed by atoms with Crippen molar-refractivity contribution in [1.82, 2.24) is 10.2 Å². The molecule has 0 saturated carbocycles. The van der Waals surface area contributed by atoms with Gasteiger partial charge in [0.2, 0.25) is 0 Å². The summed E-state index contributed by atoms with van der Waals surface area (Å²) in [5.41, 5.74) is 2.98. The van der Waals surface area contributed by atoms with E-state index in [4.69, 9.17) is 11.6 Å². The highest BCUT2D eigenvalue weighted by atomic mass is 35.5. The topological polar surface area (TPSA) is 47.6 Å². The van der Waals surface area contributed by atoms with Crippen molar-refractivity contribution >= 4 is 29.0 Å². The van der Waals surface area contributed by atoms with Gasteiger partial charge in [-0.3, -0.25) is 0 Å². The van der Waals surface area contributed by atoms with Gasteiger partial charge in [0.05, 0.1) is 0 Å². The van der Waals surface area contributed by atoms with E-state index >= 15 is 0 Å².